The normalized spacial score (nSPS) is 14.7. The highest BCUT2D eigenvalue weighted by molar-refractivity contribution is 6.07. The number of aromatic nitrogens is 2. The van der Waals surface area contributed by atoms with Crippen molar-refractivity contribution in [2.24, 2.45) is 5.92 Å². The molecule has 1 amide bonds. The van der Waals surface area contributed by atoms with Crippen molar-refractivity contribution in [2.45, 2.75) is 39.3 Å². The number of rotatable bonds is 5. The first-order valence-corrected chi connectivity index (χ1v) is 10.0. The molecular weight excluding hydrogens is 395 g/mol. The number of aryl methyl sites for hydroxylation is 1. The maximum Gasteiger partial charge on any atom is 0.416 e. The molecular formula is C22H22F3N3O2. The van der Waals surface area contributed by atoms with E-state index in [4.69, 9.17) is 4.52 Å². The Labute approximate surface area is 171 Å². The molecule has 1 fully saturated rings. The van der Waals surface area contributed by atoms with Crippen molar-refractivity contribution in [3.05, 3.63) is 47.2 Å². The monoisotopic (exact) mass is 417 g/mol. The molecule has 0 spiro atoms. The Balaban J connectivity index is 1.79. The average Bonchev–Trinajstić information content (AvgIpc) is 3.06. The summed E-state index contributed by atoms with van der Waals surface area (Å²) in [5.41, 5.74) is 0.752. The van der Waals surface area contributed by atoms with Gasteiger partial charge in [0, 0.05) is 18.7 Å². The van der Waals surface area contributed by atoms with Gasteiger partial charge in [-0.1, -0.05) is 23.7 Å². The molecule has 1 aliphatic rings. The van der Waals surface area contributed by atoms with Gasteiger partial charge in [-0.15, -0.1) is 0 Å². The summed E-state index contributed by atoms with van der Waals surface area (Å²) < 4.78 is 44.7. The minimum Gasteiger partial charge on any atom is -0.339 e. The maximum atomic E-state index is 13.4. The zero-order valence-electron chi connectivity index (χ0n) is 16.8. The summed E-state index contributed by atoms with van der Waals surface area (Å²) in [4.78, 5) is 19.5. The van der Waals surface area contributed by atoms with Gasteiger partial charge in [0.05, 0.1) is 27.9 Å². The number of alkyl halides is 3. The summed E-state index contributed by atoms with van der Waals surface area (Å²) in [7, 11) is 0. The SMILES string of the molecule is CCN(CC1CCC1)C(=O)c1cc(-c2cccc(C(F)(F)F)c2)nc2onc(C)c12. The molecule has 0 unspecified atom stereocenters. The van der Waals surface area contributed by atoms with E-state index in [2.05, 4.69) is 10.1 Å². The lowest BCUT2D eigenvalue weighted by atomic mass is 9.85. The van der Waals surface area contributed by atoms with Crippen LogP contribution in [0.5, 0.6) is 0 Å². The number of amides is 1. The lowest BCUT2D eigenvalue weighted by Gasteiger charge is -2.32. The topological polar surface area (TPSA) is 59.2 Å². The van der Waals surface area contributed by atoms with Gasteiger partial charge in [-0.25, -0.2) is 4.98 Å². The maximum absolute atomic E-state index is 13.4. The van der Waals surface area contributed by atoms with Crippen molar-refractivity contribution in [3.63, 3.8) is 0 Å². The average molecular weight is 417 g/mol. The van der Waals surface area contributed by atoms with Crippen LogP contribution in [0.1, 0.15) is 47.8 Å². The molecule has 1 aliphatic carbocycles. The van der Waals surface area contributed by atoms with Gasteiger partial charge in [0.2, 0.25) is 0 Å². The largest absolute Gasteiger partial charge is 0.416 e. The fourth-order valence-corrected chi connectivity index (χ4v) is 3.78. The number of fused-ring (bicyclic) bond motifs is 1. The van der Waals surface area contributed by atoms with Crippen molar-refractivity contribution < 1.29 is 22.5 Å². The fraction of sp³-hybridized carbons (Fsp3) is 0.409. The van der Waals surface area contributed by atoms with Crippen molar-refractivity contribution in [3.8, 4) is 11.3 Å². The van der Waals surface area contributed by atoms with Gasteiger partial charge in [-0.05, 0) is 50.8 Å². The van der Waals surface area contributed by atoms with Gasteiger partial charge in [-0.2, -0.15) is 13.2 Å². The molecule has 0 aliphatic heterocycles. The minimum atomic E-state index is -4.47. The van der Waals surface area contributed by atoms with E-state index >= 15 is 0 Å². The number of hydrogen-bond acceptors (Lipinski definition) is 4. The Hall–Kier alpha value is -2.90. The Morgan fingerprint density at radius 3 is 2.67 bits per heavy atom. The van der Waals surface area contributed by atoms with E-state index in [9.17, 15) is 18.0 Å². The fourth-order valence-electron chi connectivity index (χ4n) is 3.78. The summed E-state index contributed by atoms with van der Waals surface area (Å²) in [6.07, 6.45) is -1.07. The van der Waals surface area contributed by atoms with Gasteiger partial charge in [0.15, 0.2) is 0 Å². The second-order valence-corrected chi connectivity index (χ2v) is 7.72. The highest BCUT2D eigenvalue weighted by Crippen LogP contribution is 2.34. The van der Waals surface area contributed by atoms with Crippen LogP contribution >= 0.6 is 0 Å². The van der Waals surface area contributed by atoms with Crippen LogP contribution in [0.15, 0.2) is 34.9 Å². The third-order valence-corrected chi connectivity index (χ3v) is 5.71. The standard InChI is InChI=1S/C22H22F3N3O2/c1-3-28(12-14-6-4-7-14)21(29)17-11-18(26-20-19(17)13(2)27-30-20)15-8-5-9-16(10-15)22(23,24)25/h5,8-11,14H,3-4,6-7,12H2,1-2H3. The van der Waals surface area contributed by atoms with E-state index in [1.54, 1.807) is 17.9 Å². The van der Waals surface area contributed by atoms with Gasteiger partial charge in [-0.3, -0.25) is 4.79 Å². The smallest absolute Gasteiger partial charge is 0.339 e. The van der Waals surface area contributed by atoms with Gasteiger partial charge < -0.3 is 9.42 Å². The summed E-state index contributed by atoms with van der Waals surface area (Å²) in [6.45, 7) is 4.85. The molecule has 4 rings (SSSR count). The zero-order chi connectivity index (χ0) is 21.5. The van der Waals surface area contributed by atoms with Crippen LogP contribution in [0, 0.1) is 12.8 Å². The molecule has 0 bridgehead atoms. The highest BCUT2D eigenvalue weighted by atomic mass is 19.4. The first-order valence-electron chi connectivity index (χ1n) is 10.0. The molecule has 0 atom stereocenters. The number of carbonyl (C=O) groups excluding carboxylic acids is 1. The molecule has 0 N–H and O–H groups in total. The van der Waals surface area contributed by atoms with E-state index in [1.807, 2.05) is 6.92 Å². The highest BCUT2D eigenvalue weighted by Gasteiger charge is 2.31. The first-order chi connectivity index (χ1) is 14.3. The van der Waals surface area contributed by atoms with Gasteiger partial charge in [0.25, 0.3) is 11.6 Å². The Bertz CT molecular complexity index is 1090. The minimum absolute atomic E-state index is 0.144. The summed E-state index contributed by atoms with van der Waals surface area (Å²) in [6, 6.07) is 6.44. The molecule has 3 aromatic rings. The van der Waals surface area contributed by atoms with Gasteiger partial charge in [0.1, 0.15) is 0 Å². The molecule has 8 heteroatoms. The van der Waals surface area contributed by atoms with E-state index < -0.39 is 11.7 Å². The number of halogens is 3. The molecule has 0 radical (unpaired) electrons. The summed E-state index contributed by atoms with van der Waals surface area (Å²) in [5.74, 6) is 0.314. The number of benzene rings is 1. The predicted octanol–water partition coefficient (Wildman–Crippen LogP) is 5.48. The Morgan fingerprint density at radius 1 is 1.27 bits per heavy atom. The van der Waals surface area contributed by atoms with E-state index in [0.717, 1.165) is 25.0 Å². The van der Waals surface area contributed by atoms with Gasteiger partial charge >= 0.3 is 6.18 Å². The molecule has 1 aromatic carbocycles. The molecule has 30 heavy (non-hydrogen) atoms. The number of pyridine rings is 1. The molecule has 1 saturated carbocycles. The quantitative estimate of drug-likeness (QED) is 0.552. The van der Waals surface area contributed by atoms with Crippen LogP contribution in [0.2, 0.25) is 0 Å². The third kappa shape index (κ3) is 3.78. The third-order valence-electron chi connectivity index (χ3n) is 5.71. The summed E-state index contributed by atoms with van der Waals surface area (Å²) in [5, 5.41) is 4.42. The predicted molar refractivity (Wildman–Crippen MR) is 106 cm³/mol. The second kappa shape index (κ2) is 7.74. The molecule has 2 heterocycles. The van der Waals surface area contributed by atoms with Crippen LogP contribution < -0.4 is 0 Å². The van der Waals surface area contributed by atoms with E-state index in [-0.39, 0.29) is 22.9 Å². The van der Waals surface area contributed by atoms with Crippen molar-refractivity contribution in [1.82, 2.24) is 15.0 Å². The lowest BCUT2D eigenvalue weighted by Crippen LogP contribution is -2.37. The Kier molecular flexibility index (Phi) is 5.26. The first kappa shape index (κ1) is 20.4. The molecule has 2 aromatic heterocycles. The van der Waals surface area contributed by atoms with Crippen molar-refractivity contribution in [2.75, 3.05) is 13.1 Å². The zero-order valence-corrected chi connectivity index (χ0v) is 16.8. The molecule has 158 valence electrons. The van der Waals surface area contributed by atoms with Crippen molar-refractivity contribution >= 4 is 17.0 Å². The Morgan fingerprint density at radius 2 is 2.03 bits per heavy atom. The number of carbonyl (C=O) groups is 1. The van der Waals surface area contributed by atoms with Crippen LogP contribution in [0.4, 0.5) is 13.2 Å². The van der Waals surface area contributed by atoms with Crippen LogP contribution in [0.25, 0.3) is 22.4 Å². The summed E-state index contributed by atoms with van der Waals surface area (Å²) >= 11 is 0. The molecule has 5 nitrogen and oxygen atoms in total. The lowest BCUT2D eigenvalue weighted by molar-refractivity contribution is -0.137. The number of hydrogen-bond donors (Lipinski definition) is 0. The number of nitrogens with zero attached hydrogens (tertiary/aromatic N) is 3. The van der Waals surface area contributed by atoms with E-state index in [1.165, 1.54) is 18.6 Å². The van der Waals surface area contributed by atoms with Crippen LogP contribution in [0.3, 0.4) is 0 Å². The van der Waals surface area contributed by atoms with E-state index in [0.29, 0.717) is 35.7 Å². The second-order valence-electron chi connectivity index (χ2n) is 7.72. The van der Waals surface area contributed by atoms with Crippen LogP contribution in [-0.4, -0.2) is 34.0 Å². The molecule has 0 saturated heterocycles. The van der Waals surface area contributed by atoms with Crippen LogP contribution in [-0.2, 0) is 6.18 Å². The van der Waals surface area contributed by atoms with Crippen molar-refractivity contribution in [1.29, 1.82) is 0 Å².